The number of sulfonamides is 1. The lowest BCUT2D eigenvalue weighted by atomic mass is 9.94. The molecule has 1 fully saturated rings. The van der Waals surface area contributed by atoms with Gasteiger partial charge in [-0.15, -0.1) is 0 Å². The molecule has 0 bridgehead atoms. The largest absolute Gasteiger partial charge is 0.348 e. The average Bonchev–Trinajstić information content (AvgIpc) is 3.13. The Morgan fingerprint density at radius 1 is 1.29 bits per heavy atom. The van der Waals surface area contributed by atoms with Gasteiger partial charge < -0.3 is 5.32 Å². The third-order valence-corrected chi connectivity index (χ3v) is 6.70. The highest BCUT2D eigenvalue weighted by Gasteiger charge is 2.32. The van der Waals surface area contributed by atoms with Gasteiger partial charge in [0, 0.05) is 24.7 Å². The summed E-state index contributed by atoms with van der Waals surface area (Å²) in [5.74, 6) is 0.329. The molecule has 1 amide bonds. The molecule has 152 valence electrons. The first-order valence-electron chi connectivity index (χ1n) is 9.49. The molecule has 1 aliphatic rings. The van der Waals surface area contributed by atoms with Gasteiger partial charge in [0.05, 0.1) is 11.4 Å². The van der Waals surface area contributed by atoms with Crippen LogP contribution in [0.15, 0.2) is 41.8 Å². The number of hydrogen-bond acceptors (Lipinski definition) is 5. The first-order chi connectivity index (χ1) is 13.3. The van der Waals surface area contributed by atoms with Gasteiger partial charge >= 0.3 is 0 Å². The fourth-order valence-corrected chi connectivity index (χ4v) is 5.44. The number of piperidine rings is 1. The number of hydrogen-bond donors (Lipinski definition) is 1. The molecule has 1 aliphatic heterocycles. The fourth-order valence-electron chi connectivity index (χ4n) is 3.71. The Morgan fingerprint density at radius 2 is 2.00 bits per heavy atom. The third-order valence-electron chi connectivity index (χ3n) is 4.87. The highest BCUT2D eigenvalue weighted by molar-refractivity contribution is 7.89. The Balaban J connectivity index is 1.73. The Labute approximate surface area is 166 Å². The van der Waals surface area contributed by atoms with Gasteiger partial charge in [0.2, 0.25) is 10.0 Å². The van der Waals surface area contributed by atoms with Crippen LogP contribution in [0.2, 0.25) is 0 Å². The standard InChI is InChI=1S/C19H27N5O3S/c1-14-7-15(2)10-24(9-14)28(26,27)18-6-4-5-17(8-18)19(25)22-16(3)11-23-13-20-12-21-23/h4-6,8,12-16H,7,9-11H2,1-3H3,(H,22,25). The summed E-state index contributed by atoms with van der Waals surface area (Å²) in [6.07, 6.45) is 4.04. The maximum absolute atomic E-state index is 13.1. The molecule has 2 aromatic rings. The summed E-state index contributed by atoms with van der Waals surface area (Å²) >= 11 is 0. The number of aromatic nitrogens is 3. The van der Waals surface area contributed by atoms with Gasteiger partial charge in [0.15, 0.2) is 0 Å². The van der Waals surface area contributed by atoms with Gasteiger partial charge in [-0.25, -0.2) is 13.4 Å². The second-order valence-corrected chi connectivity index (χ2v) is 9.73. The molecule has 3 rings (SSSR count). The minimum absolute atomic E-state index is 0.158. The van der Waals surface area contributed by atoms with Crippen molar-refractivity contribution in [3.63, 3.8) is 0 Å². The van der Waals surface area contributed by atoms with Crippen LogP contribution in [0.3, 0.4) is 0 Å². The number of nitrogens with zero attached hydrogens (tertiary/aromatic N) is 4. The minimum atomic E-state index is -3.62. The zero-order chi connectivity index (χ0) is 20.3. The summed E-state index contributed by atoms with van der Waals surface area (Å²) < 4.78 is 29.3. The molecule has 28 heavy (non-hydrogen) atoms. The van der Waals surface area contributed by atoms with Crippen LogP contribution in [-0.2, 0) is 16.6 Å². The molecule has 0 saturated carbocycles. The molecule has 1 aromatic carbocycles. The van der Waals surface area contributed by atoms with E-state index in [4.69, 9.17) is 0 Å². The number of nitrogens with one attached hydrogen (secondary N) is 1. The summed E-state index contributed by atoms with van der Waals surface area (Å²) in [5, 5.41) is 6.89. The van der Waals surface area contributed by atoms with Gasteiger partial charge in [-0.2, -0.15) is 9.40 Å². The smallest absolute Gasteiger partial charge is 0.251 e. The van der Waals surface area contributed by atoms with Crippen molar-refractivity contribution < 1.29 is 13.2 Å². The molecule has 3 atom stereocenters. The van der Waals surface area contributed by atoms with E-state index in [1.165, 1.54) is 16.7 Å². The lowest BCUT2D eigenvalue weighted by molar-refractivity contribution is 0.0935. The van der Waals surface area contributed by atoms with Crippen LogP contribution in [0.1, 0.15) is 37.6 Å². The summed E-state index contributed by atoms with van der Waals surface area (Å²) in [4.78, 5) is 16.6. The van der Waals surface area contributed by atoms with Crippen molar-refractivity contribution >= 4 is 15.9 Å². The number of rotatable bonds is 6. The molecule has 0 spiro atoms. The van der Waals surface area contributed by atoms with Crippen LogP contribution in [0.4, 0.5) is 0 Å². The summed E-state index contributed by atoms with van der Waals surface area (Å²) in [6, 6.07) is 6.06. The SMILES string of the molecule is CC1CC(C)CN(S(=O)(=O)c2cccc(C(=O)NC(C)Cn3cncn3)c2)C1. The zero-order valence-corrected chi connectivity index (χ0v) is 17.3. The van der Waals surface area contributed by atoms with Crippen molar-refractivity contribution in [2.75, 3.05) is 13.1 Å². The van der Waals surface area contributed by atoms with Crippen LogP contribution in [0, 0.1) is 11.8 Å². The van der Waals surface area contributed by atoms with Crippen LogP contribution < -0.4 is 5.32 Å². The summed E-state index contributed by atoms with van der Waals surface area (Å²) in [5.41, 5.74) is 0.324. The quantitative estimate of drug-likeness (QED) is 0.790. The van der Waals surface area contributed by atoms with Crippen molar-refractivity contribution in [2.24, 2.45) is 11.8 Å². The van der Waals surface area contributed by atoms with Crippen LogP contribution >= 0.6 is 0 Å². The van der Waals surface area contributed by atoms with Crippen LogP contribution in [-0.4, -0.2) is 52.5 Å². The van der Waals surface area contributed by atoms with E-state index in [2.05, 4.69) is 29.2 Å². The van der Waals surface area contributed by atoms with E-state index in [1.54, 1.807) is 29.2 Å². The average molecular weight is 406 g/mol. The molecule has 3 unspecified atom stereocenters. The Kier molecular flexibility index (Phi) is 6.14. The van der Waals surface area contributed by atoms with Crippen molar-refractivity contribution in [1.82, 2.24) is 24.4 Å². The first-order valence-corrected chi connectivity index (χ1v) is 10.9. The fraction of sp³-hybridized carbons (Fsp3) is 0.526. The van der Waals surface area contributed by atoms with Crippen molar-refractivity contribution in [2.45, 2.75) is 44.7 Å². The van der Waals surface area contributed by atoms with Gasteiger partial charge in [-0.3, -0.25) is 9.48 Å². The van der Waals surface area contributed by atoms with Crippen molar-refractivity contribution in [3.05, 3.63) is 42.5 Å². The molecule has 1 saturated heterocycles. The number of carbonyl (C=O) groups is 1. The lowest BCUT2D eigenvalue weighted by Crippen LogP contribution is -2.42. The van der Waals surface area contributed by atoms with Gasteiger partial charge in [-0.1, -0.05) is 19.9 Å². The number of amides is 1. The van der Waals surface area contributed by atoms with E-state index in [0.29, 0.717) is 37.0 Å². The minimum Gasteiger partial charge on any atom is -0.348 e. The highest BCUT2D eigenvalue weighted by atomic mass is 32.2. The van der Waals surface area contributed by atoms with E-state index in [-0.39, 0.29) is 16.8 Å². The summed E-state index contributed by atoms with van der Waals surface area (Å²) in [6.45, 7) is 7.50. The summed E-state index contributed by atoms with van der Waals surface area (Å²) in [7, 11) is -3.62. The topological polar surface area (TPSA) is 97.2 Å². The molecular formula is C19H27N5O3S. The van der Waals surface area contributed by atoms with E-state index >= 15 is 0 Å². The maximum Gasteiger partial charge on any atom is 0.251 e. The normalized spacial score (nSPS) is 22.0. The number of benzene rings is 1. The van der Waals surface area contributed by atoms with Crippen LogP contribution in [0.25, 0.3) is 0 Å². The number of carbonyl (C=O) groups excluding carboxylic acids is 1. The zero-order valence-electron chi connectivity index (χ0n) is 16.4. The van der Waals surface area contributed by atoms with Gasteiger partial charge in [0.25, 0.3) is 5.91 Å². The van der Waals surface area contributed by atoms with Crippen molar-refractivity contribution in [1.29, 1.82) is 0 Å². The van der Waals surface area contributed by atoms with E-state index in [0.717, 1.165) is 6.42 Å². The van der Waals surface area contributed by atoms with Crippen LogP contribution in [0.5, 0.6) is 0 Å². The van der Waals surface area contributed by atoms with E-state index < -0.39 is 10.0 Å². The molecule has 2 heterocycles. The van der Waals surface area contributed by atoms with Gasteiger partial charge in [-0.05, 0) is 43.4 Å². The van der Waals surface area contributed by atoms with Gasteiger partial charge in [0.1, 0.15) is 12.7 Å². The van der Waals surface area contributed by atoms with E-state index in [1.807, 2.05) is 6.92 Å². The Hall–Kier alpha value is -2.26. The second kappa shape index (κ2) is 8.40. The molecule has 0 radical (unpaired) electrons. The predicted molar refractivity (Wildman–Crippen MR) is 105 cm³/mol. The highest BCUT2D eigenvalue weighted by Crippen LogP contribution is 2.27. The molecule has 1 aromatic heterocycles. The molecule has 0 aliphatic carbocycles. The Bertz CT molecular complexity index is 903. The maximum atomic E-state index is 13.1. The van der Waals surface area contributed by atoms with E-state index in [9.17, 15) is 13.2 Å². The predicted octanol–water partition coefficient (Wildman–Crippen LogP) is 1.76. The molecule has 9 heteroatoms. The third kappa shape index (κ3) is 4.77. The second-order valence-electron chi connectivity index (χ2n) is 7.79. The monoisotopic (exact) mass is 405 g/mol. The first kappa shape index (κ1) is 20.5. The Morgan fingerprint density at radius 3 is 2.64 bits per heavy atom. The molecule has 8 nitrogen and oxygen atoms in total. The molecule has 1 N–H and O–H groups in total. The lowest BCUT2D eigenvalue weighted by Gasteiger charge is -2.34. The van der Waals surface area contributed by atoms with Crippen molar-refractivity contribution in [3.8, 4) is 0 Å². The molecular weight excluding hydrogens is 378 g/mol.